The van der Waals surface area contributed by atoms with E-state index in [1.165, 1.54) is 12.1 Å². The van der Waals surface area contributed by atoms with Gasteiger partial charge in [0.2, 0.25) is 0 Å². The minimum atomic E-state index is -0.767. The van der Waals surface area contributed by atoms with E-state index < -0.39 is 12.0 Å². The first kappa shape index (κ1) is 11.7. The van der Waals surface area contributed by atoms with Crippen molar-refractivity contribution in [3.8, 4) is 6.07 Å². The fraction of sp³-hybridized carbons (Fsp3) is 0.417. The molecule has 15 heavy (non-hydrogen) atoms. The molecule has 1 aromatic carbocycles. The minimum Gasteiger partial charge on any atom is -0.391 e. The first-order valence-corrected chi connectivity index (χ1v) is 4.89. The van der Waals surface area contributed by atoms with E-state index in [1.807, 2.05) is 19.9 Å². The SMILES string of the molecule is CC(C)C(O)C(C#N)c1cccc(F)c1. The van der Waals surface area contributed by atoms with Gasteiger partial charge in [-0.25, -0.2) is 4.39 Å². The van der Waals surface area contributed by atoms with Crippen molar-refractivity contribution < 1.29 is 9.50 Å². The van der Waals surface area contributed by atoms with Crippen LogP contribution in [0, 0.1) is 23.1 Å². The molecule has 0 fully saturated rings. The number of hydrogen-bond donors (Lipinski definition) is 1. The molecule has 0 amide bonds. The second-order valence-corrected chi connectivity index (χ2v) is 3.90. The van der Waals surface area contributed by atoms with E-state index in [1.54, 1.807) is 12.1 Å². The summed E-state index contributed by atoms with van der Waals surface area (Å²) in [5.74, 6) is -1.08. The minimum absolute atomic E-state index is 0.0297. The Hall–Kier alpha value is -1.40. The summed E-state index contributed by atoms with van der Waals surface area (Å²) in [5, 5.41) is 18.7. The van der Waals surface area contributed by atoms with Crippen molar-refractivity contribution in [1.82, 2.24) is 0 Å². The van der Waals surface area contributed by atoms with Crippen LogP contribution < -0.4 is 0 Å². The Labute approximate surface area is 89.0 Å². The average molecular weight is 207 g/mol. The van der Waals surface area contributed by atoms with Crippen LogP contribution >= 0.6 is 0 Å². The molecule has 0 bridgehead atoms. The first-order valence-electron chi connectivity index (χ1n) is 4.89. The molecule has 1 N–H and O–H groups in total. The molecule has 0 radical (unpaired) electrons. The van der Waals surface area contributed by atoms with Crippen molar-refractivity contribution in [3.63, 3.8) is 0 Å². The average Bonchev–Trinajstić information content (AvgIpc) is 2.18. The highest BCUT2D eigenvalue weighted by atomic mass is 19.1. The Kier molecular flexibility index (Phi) is 3.81. The number of aliphatic hydroxyl groups excluding tert-OH is 1. The molecule has 2 atom stereocenters. The maximum atomic E-state index is 12.9. The van der Waals surface area contributed by atoms with E-state index >= 15 is 0 Å². The summed E-state index contributed by atoms with van der Waals surface area (Å²) < 4.78 is 12.9. The summed E-state index contributed by atoms with van der Waals surface area (Å²) in [4.78, 5) is 0. The quantitative estimate of drug-likeness (QED) is 0.827. The van der Waals surface area contributed by atoms with Gasteiger partial charge in [-0.3, -0.25) is 0 Å². The Balaban J connectivity index is 2.99. The predicted octanol–water partition coefficient (Wildman–Crippen LogP) is 2.45. The van der Waals surface area contributed by atoms with Crippen LogP contribution in [-0.4, -0.2) is 11.2 Å². The molecule has 2 nitrogen and oxygen atoms in total. The Morgan fingerprint density at radius 3 is 2.53 bits per heavy atom. The van der Waals surface area contributed by atoms with Gasteiger partial charge < -0.3 is 5.11 Å². The number of hydrogen-bond acceptors (Lipinski definition) is 2. The first-order chi connectivity index (χ1) is 7.06. The molecule has 0 heterocycles. The lowest BCUT2D eigenvalue weighted by molar-refractivity contribution is 0.113. The second kappa shape index (κ2) is 4.90. The van der Waals surface area contributed by atoms with Crippen LogP contribution in [0.1, 0.15) is 25.3 Å². The molecule has 2 unspecified atom stereocenters. The van der Waals surface area contributed by atoms with Crippen LogP contribution in [0.2, 0.25) is 0 Å². The van der Waals surface area contributed by atoms with E-state index in [0.717, 1.165) is 0 Å². The lowest BCUT2D eigenvalue weighted by Gasteiger charge is -2.20. The third kappa shape index (κ3) is 2.77. The molecule has 0 aromatic heterocycles. The molecule has 3 heteroatoms. The van der Waals surface area contributed by atoms with Gasteiger partial charge in [-0.15, -0.1) is 0 Å². The number of nitriles is 1. The van der Waals surface area contributed by atoms with Crippen LogP contribution in [0.25, 0.3) is 0 Å². The lowest BCUT2D eigenvalue weighted by atomic mass is 9.88. The molecule has 1 rings (SSSR count). The smallest absolute Gasteiger partial charge is 0.123 e. The monoisotopic (exact) mass is 207 g/mol. The molecular weight excluding hydrogens is 193 g/mol. The summed E-state index contributed by atoms with van der Waals surface area (Å²) in [6.45, 7) is 3.66. The fourth-order valence-corrected chi connectivity index (χ4v) is 1.43. The molecule has 0 aliphatic carbocycles. The summed E-state index contributed by atoms with van der Waals surface area (Å²) in [6.07, 6.45) is -0.767. The van der Waals surface area contributed by atoms with Gasteiger partial charge in [-0.2, -0.15) is 5.26 Å². The third-order valence-electron chi connectivity index (χ3n) is 2.37. The molecule has 0 aliphatic heterocycles. The van der Waals surface area contributed by atoms with Gasteiger partial charge >= 0.3 is 0 Å². The fourth-order valence-electron chi connectivity index (χ4n) is 1.43. The van der Waals surface area contributed by atoms with E-state index in [0.29, 0.717) is 5.56 Å². The van der Waals surface area contributed by atoms with Gasteiger partial charge in [0.25, 0.3) is 0 Å². The second-order valence-electron chi connectivity index (χ2n) is 3.90. The van der Waals surface area contributed by atoms with E-state index in [9.17, 15) is 9.50 Å². The maximum absolute atomic E-state index is 12.9. The molecule has 0 aliphatic rings. The third-order valence-corrected chi connectivity index (χ3v) is 2.37. The van der Waals surface area contributed by atoms with Gasteiger partial charge in [-0.1, -0.05) is 26.0 Å². The Morgan fingerprint density at radius 1 is 1.40 bits per heavy atom. The maximum Gasteiger partial charge on any atom is 0.123 e. The van der Waals surface area contributed by atoms with Gasteiger partial charge in [-0.05, 0) is 23.6 Å². The molecule has 0 spiro atoms. The van der Waals surface area contributed by atoms with Crippen molar-refractivity contribution in [3.05, 3.63) is 35.6 Å². The number of benzene rings is 1. The van der Waals surface area contributed by atoms with Crippen molar-refractivity contribution in [2.75, 3.05) is 0 Å². The van der Waals surface area contributed by atoms with Crippen molar-refractivity contribution in [1.29, 1.82) is 5.26 Å². The molecule has 1 aromatic rings. The summed E-state index contributed by atoms with van der Waals surface area (Å²) in [7, 11) is 0. The molecule has 80 valence electrons. The zero-order valence-corrected chi connectivity index (χ0v) is 8.81. The standard InChI is InChI=1S/C12H14FNO/c1-8(2)12(15)11(7-14)9-4-3-5-10(13)6-9/h3-6,8,11-12,15H,1-2H3. The van der Waals surface area contributed by atoms with Gasteiger partial charge in [0.05, 0.1) is 18.1 Å². The predicted molar refractivity (Wildman–Crippen MR) is 55.6 cm³/mol. The zero-order chi connectivity index (χ0) is 11.4. The van der Waals surface area contributed by atoms with E-state index in [-0.39, 0.29) is 11.7 Å². The van der Waals surface area contributed by atoms with Gasteiger partial charge in [0.1, 0.15) is 5.82 Å². The van der Waals surface area contributed by atoms with Crippen LogP contribution in [0.3, 0.4) is 0 Å². The molecule has 0 saturated carbocycles. The van der Waals surface area contributed by atoms with E-state index in [4.69, 9.17) is 5.26 Å². The topological polar surface area (TPSA) is 44.0 Å². The van der Waals surface area contributed by atoms with E-state index in [2.05, 4.69) is 0 Å². The van der Waals surface area contributed by atoms with Gasteiger partial charge in [0, 0.05) is 0 Å². The zero-order valence-electron chi connectivity index (χ0n) is 8.81. The van der Waals surface area contributed by atoms with Crippen molar-refractivity contribution >= 4 is 0 Å². The highest BCUT2D eigenvalue weighted by Crippen LogP contribution is 2.24. The normalized spacial score (nSPS) is 14.7. The highest BCUT2D eigenvalue weighted by molar-refractivity contribution is 5.27. The summed E-state index contributed by atoms with van der Waals surface area (Å²) in [5.41, 5.74) is 0.527. The van der Waals surface area contributed by atoms with Crippen molar-refractivity contribution in [2.24, 2.45) is 5.92 Å². The number of aliphatic hydroxyl groups is 1. The Morgan fingerprint density at radius 2 is 2.07 bits per heavy atom. The van der Waals surface area contributed by atoms with Crippen LogP contribution in [0.5, 0.6) is 0 Å². The number of rotatable bonds is 3. The van der Waals surface area contributed by atoms with Crippen molar-refractivity contribution in [2.45, 2.75) is 25.9 Å². The highest BCUT2D eigenvalue weighted by Gasteiger charge is 2.23. The number of nitrogens with zero attached hydrogens (tertiary/aromatic N) is 1. The van der Waals surface area contributed by atoms with Crippen LogP contribution in [-0.2, 0) is 0 Å². The summed E-state index contributed by atoms with van der Waals surface area (Å²) in [6, 6.07) is 7.82. The molecular formula is C12H14FNO. The Bertz CT molecular complexity index is 370. The summed E-state index contributed by atoms with van der Waals surface area (Å²) >= 11 is 0. The van der Waals surface area contributed by atoms with Gasteiger partial charge in [0.15, 0.2) is 0 Å². The van der Waals surface area contributed by atoms with Crippen LogP contribution in [0.4, 0.5) is 4.39 Å². The van der Waals surface area contributed by atoms with Crippen LogP contribution in [0.15, 0.2) is 24.3 Å². The number of halogens is 1. The molecule has 0 saturated heterocycles. The lowest BCUT2D eigenvalue weighted by Crippen LogP contribution is -2.23. The largest absolute Gasteiger partial charge is 0.391 e.